The van der Waals surface area contributed by atoms with E-state index in [1.54, 1.807) is 0 Å². The van der Waals surface area contributed by atoms with Crippen molar-refractivity contribution in [3.63, 3.8) is 0 Å². The zero-order valence-electron chi connectivity index (χ0n) is 15.0. The Balaban J connectivity index is 1.78. The molecule has 0 radical (unpaired) electrons. The number of carbonyl (C=O) groups is 2. The van der Waals surface area contributed by atoms with Gasteiger partial charge in [0.05, 0.1) is 17.9 Å². The SMILES string of the molecule is COC(=O)c1c(NC(=O)C(C)Sc2cc(C)ncn2)sc2c1CCCC2. The molecule has 8 heteroatoms. The molecule has 2 aromatic rings. The van der Waals surface area contributed by atoms with Crippen molar-refractivity contribution in [3.05, 3.63) is 34.1 Å². The van der Waals surface area contributed by atoms with Crippen LogP contribution in [-0.4, -0.2) is 34.2 Å². The van der Waals surface area contributed by atoms with Gasteiger partial charge in [-0.1, -0.05) is 11.8 Å². The Bertz CT molecular complexity index is 835. The summed E-state index contributed by atoms with van der Waals surface area (Å²) in [7, 11) is 1.37. The number of aryl methyl sites for hydroxylation is 2. The molecule has 2 aromatic heterocycles. The average Bonchev–Trinajstić information content (AvgIpc) is 2.98. The number of thioether (sulfide) groups is 1. The molecule has 1 unspecified atom stereocenters. The Morgan fingerprint density at radius 2 is 2.08 bits per heavy atom. The highest BCUT2D eigenvalue weighted by molar-refractivity contribution is 8.00. The van der Waals surface area contributed by atoms with Gasteiger partial charge in [0.2, 0.25) is 5.91 Å². The highest BCUT2D eigenvalue weighted by Gasteiger charge is 2.28. The van der Waals surface area contributed by atoms with Crippen molar-refractivity contribution in [2.45, 2.75) is 49.8 Å². The van der Waals surface area contributed by atoms with Crippen molar-refractivity contribution in [2.75, 3.05) is 12.4 Å². The minimum absolute atomic E-state index is 0.157. The molecule has 0 spiro atoms. The molecule has 1 aliphatic rings. The maximum Gasteiger partial charge on any atom is 0.341 e. The van der Waals surface area contributed by atoms with Gasteiger partial charge in [-0.2, -0.15) is 0 Å². The van der Waals surface area contributed by atoms with Gasteiger partial charge in [0.15, 0.2) is 0 Å². The van der Waals surface area contributed by atoms with Gasteiger partial charge in [0.25, 0.3) is 0 Å². The van der Waals surface area contributed by atoms with Crippen molar-refractivity contribution in [1.82, 2.24) is 9.97 Å². The van der Waals surface area contributed by atoms with Crippen LogP contribution < -0.4 is 5.32 Å². The number of carbonyl (C=O) groups excluding carboxylic acids is 2. The third-order valence-electron chi connectivity index (χ3n) is 4.24. The number of ether oxygens (including phenoxy) is 1. The van der Waals surface area contributed by atoms with Gasteiger partial charge in [-0.05, 0) is 51.2 Å². The predicted octanol–water partition coefficient (Wildman–Crippen LogP) is 3.63. The number of methoxy groups -OCH3 is 1. The summed E-state index contributed by atoms with van der Waals surface area (Å²) >= 11 is 2.86. The summed E-state index contributed by atoms with van der Waals surface area (Å²) in [5.74, 6) is -0.540. The summed E-state index contributed by atoms with van der Waals surface area (Å²) < 4.78 is 4.95. The summed E-state index contributed by atoms with van der Waals surface area (Å²) in [6.45, 7) is 3.71. The molecule has 138 valence electrons. The molecule has 1 amide bonds. The number of nitrogens with zero attached hydrogens (tertiary/aromatic N) is 2. The summed E-state index contributed by atoms with van der Waals surface area (Å²) in [6, 6.07) is 1.85. The van der Waals surface area contributed by atoms with E-state index in [1.165, 1.54) is 41.4 Å². The molecule has 0 aromatic carbocycles. The number of fused-ring (bicyclic) bond motifs is 1. The van der Waals surface area contributed by atoms with Crippen LogP contribution in [0.5, 0.6) is 0 Å². The van der Waals surface area contributed by atoms with Crippen molar-refractivity contribution >= 4 is 40.0 Å². The molecule has 1 N–H and O–H groups in total. The van der Waals surface area contributed by atoms with Crippen LogP contribution in [0.25, 0.3) is 0 Å². The highest BCUT2D eigenvalue weighted by Crippen LogP contribution is 2.39. The molecule has 0 saturated heterocycles. The van der Waals surface area contributed by atoms with Crippen molar-refractivity contribution in [3.8, 4) is 0 Å². The molecular formula is C18H21N3O3S2. The van der Waals surface area contributed by atoms with Crippen LogP contribution in [0.1, 0.15) is 46.3 Å². The van der Waals surface area contributed by atoms with E-state index in [9.17, 15) is 9.59 Å². The van der Waals surface area contributed by atoms with Crippen LogP contribution in [-0.2, 0) is 22.4 Å². The van der Waals surface area contributed by atoms with Gasteiger partial charge in [-0.15, -0.1) is 11.3 Å². The number of hydrogen-bond donors (Lipinski definition) is 1. The van der Waals surface area contributed by atoms with Crippen molar-refractivity contribution < 1.29 is 14.3 Å². The van der Waals surface area contributed by atoms with E-state index in [4.69, 9.17) is 4.74 Å². The Morgan fingerprint density at radius 3 is 2.81 bits per heavy atom. The maximum atomic E-state index is 12.7. The zero-order valence-corrected chi connectivity index (χ0v) is 16.6. The molecule has 1 aliphatic carbocycles. The fourth-order valence-electron chi connectivity index (χ4n) is 2.91. The number of esters is 1. The summed E-state index contributed by atoms with van der Waals surface area (Å²) in [4.78, 5) is 34.3. The number of aromatic nitrogens is 2. The molecule has 1 atom stereocenters. The van der Waals surface area contributed by atoms with E-state index in [1.807, 2.05) is 19.9 Å². The van der Waals surface area contributed by atoms with E-state index in [0.717, 1.165) is 42.0 Å². The van der Waals surface area contributed by atoms with Crippen LogP contribution in [0, 0.1) is 6.92 Å². The third-order valence-corrected chi connectivity index (χ3v) is 6.48. The smallest absolute Gasteiger partial charge is 0.341 e. The molecule has 0 aliphatic heterocycles. The lowest BCUT2D eigenvalue weighted by atomic mass is 9.95. The molecule has 0 saturated carbocycles. The lowest BCUT2D eigenvalue weighted by Crippen LogP contribution is -2.23. The predicted molar refractivity (Wildman–Crippen MR) is 103 cm³/mol. The molecule has 26 heavy (non-hydrogen) atoms. The average molecular weight is 392 g/mol. The van der Waals surface area contributed by atoms with Gasteiger partial charge in [-0.25, -0.2) is 14.8 Å². The second kappa shape index (κ2) is 8.18. The lowest BCUT2D eigenvalue weighted by molar-refractivity contribution is -0.115. The van der Waals surface area contributed by atoms with Crippen LogP contribution in [0.4, 0.5) is 5.00 Å². The van der Waals surface area contributed by atoms with E-state index in [0.29, 0.717) is 10.6 Å². The van der Waals surface area contributed by atoms with Crippen LogP contribution in [0.2, 0.25) is 0 Å². The Labute approximate surface area is 160 Å². The minimum atomic E-state index is -0.383. The molecule has 3 rings (SSSR count). The second-order valence-corrected chi connectivity index (χ2v) is 8.62. The van der Waals surface area contributed by atoms with E-state index >= 15 is 0 Å². The summed E-state index contributed by atoms with van der Waals surface area (Å²) in [6.07, 6.45) is 5.47. The van der Waals surface area contributed by atoms with Crippen molar-refractivity contribution in [2.24, 2.45) is 0 Å². The number of thiophene rings is 1. The standard InChI is InChI=1S/C18H21N3O3S2/c1-10-8-14(20-9-19-10)25-11(2)16(22)21-17-15(18(23)24-3)12-6-4-5-7-13(12)26-17/h8-9,11H,4-7H2,1-3H3,(H,21,22). The first-order chi connectivity index (χ1) is 12.5. The highest BCUT2D eigenvalue weighted by atomic mass is 32.2. The van der Waals surface area contributed by atoms with Gasteiger partial charge < -0.3 is 10.1 Å². The summed E-state index contributed by atoms with van der Waals surface area (Å²) in [5, 5.41) is 3.93. The number of amides is 1. The monoisotopic (exact) mass is 391 g/mol. The number of nitrogens with one attached hydrogen (secondary N) is 1. The van der Waals surface area contributed by atoms with Gasteiger partial charge in [-0.3, -0.25) is 4.79 Å². The van der Waals surface area contributed by atoms with Gasteiger partial charge in [0.1, 0.15) is 16.4 Å². The van der Waals surface area contributed by atoms with Crippen LogP contribution in [0.3, 0.4) is 0 Å². The Morgan fingerprint density at radius 1 is 1.31 bits per heavy atom. The van der Waals surface area contributed by atoms with Crippen LogP contribution in [0.15, 0.2) is 17.4 Å². The van der Waals surface area contributed by atoms with E-state index < -0.39 is 0 Å². The molecule has 0 fully saturated rings. The first-order valence-electron chi connectivity index (χ1n) is 8.48. The molecule has 0 bridgehead atoms. The van der Waals surface area contributed by atoms with Crippen molar-refractivity contribution in [1.29, 1.82) is 0 Å². The largest absolute Gasteiger partial charge is 0.465 e. The third kappa shape index (κ3) is 4.07. The van der Waals surface area contributed by atoms with E-state index in [-0.39, 0.29) is 17.1 Å². The first kappa shape index (κ1) is 18.8. The van der Waals surface area contributed by atoms with Gasteiger partial charge >= 0.3 is 5.97 Å². The topological polar surface area (TPSA) is 81.2 Å². The summed E-state index contributed by atoms with van der Waals surface area (Å²) in [5.41, 5.74) is 2.42. The normalized spacial score (nSPS) is 14.4. The zero-order chi connectivity index (χ0) is 18.7. The first-order valence-corrected chi connectivity index (χ1v) is 10.2. The fourth-order valence-corrected chi connectivity index (χ4v) is 5.07. The maximum absolute atomic E-state index is 12.7. The van der Waals surface area contributed by atoms with E-state index in [2.05, 4.69) is 15.3 Å². The van der Waals surface area contributed by atoms with Gasteiger partial charge in [0, 0.05) is 10.6 Å². The Kier molecular flexibility index (Phi) is 5.93. The molecular weight excluding hydrogens is 370 g/mol. The number of rotatable bonds is 5. The number of hydrogen-bond acceptors (Lipinski definition) is 7. The minimum Gasteiger partial charge on any atom is -0.465 e. The molecule has 2 heterocycles. The lowest BCUT2D eigenvalue weighted by Gasteiger charge is -2.13. The second-order valence-electron chi connectivity index (χ2n) is 6.15. The van der Waals surface area contributed by atoms with Crippen LogP contribution >= 0.6 is 23.1 Å². The quantitative estimate of drug-likeness (QED) is 0.476. The Hall–Kier alpha value is -1.93. The fraction of sp³-hybridized carbons (Fsp3) is 0.444. The number of anilines is 1. The molecule has 6 nitrogen and oxygen atoms in total.